The summed E-state index contributed by atoms with van der Waals surface area (Å²) in [5.74, 6) is 0. The second kappa shape index (κ2) is 9.76. The Morgan fingerprint density at radius 3 is 2.57 bits per heavy atom. The number of rotatable bonds is 2. The van der Waals surface area contributed by atoms with Crippen molar-refractivity contribution in [3.63, 3.8) is 0 Å². The zero-order valence-corrected chi connectivity index (χ0v) is 14.0. The van der Waals surface area contributed by atoms with Crippen LogP contribution in [0.3, 0.4) is 0 Å². The summed E-state index contributed by atoms with van der Waals surface area (Å²) in [5.41, 5.74) is 8.93. The third kappa shape index (κ3) is 5.30. The molecular formula is C12H11Cl2CuN3O2S. The summed E-state index contributed by atoms with van der Waals surface area (Å²) in [5, 5.41) is 4.46. The standard InChI is InChI=1S/C12H11N3O2S.2ClH.Cu/c1-7(14-15-12(13)18)9-6-17-10-5-3-2-4-8(10)11(9)16;;;/h2-6H,1H3,(H3,13,15,18);2*1H;/q;;;+2/p-2/b14-7+;;;. The molecule has 21 heavy (non-hydrogen) atoms. The third-order valence-corrected chi connectivity index (χ3v) is 2.49. The Morgan fingerprint density at radius 1 is 1.33 bits per heavy atom. The van der Waals surface area contributed by atoms with Crippen molar-refractivity contribution in [1.29, 1.82) is 0 Å². The van der Waals surface area contributed by atoms with Gasteiger partial charge in [-0.15, -0.1) is 0 Å². The van der Waals surface area contributed by atoms with Crippen molar-refractivity contribution in [2.24, 2.45) is 10.8 Å². The predicted molar refractivity (Wildman–Crippen MR) is 74.6 cm³/mol. The van der Waals surface area contributed by atoms with Gasteiger partial charge in [-0.2, -0.15) is 5.10 Å². The summed E-state index contributed by atoms with van der Waals surface area (Å²) in [4.78, 5) is 12.2. The van der Waals surface area contributed by atoms with Gasteiger partial charge in [0.25, 0.3) is 0 Å². The van der Waals surface area contributed by atoms with Gasteiger partial charge in [-0.1, -0.05) is 12.1 Å². The molecule has 0 bridgehead atoms. The van der Waals surface area contributed by atoms with E-state index in [2.05, 4.69) is 22.7 Å². The molecule has 117 valence electrons. The van der Waals surface area contributed by atoms with Crippen molar-refractivity contribution in [2.45, 2.75) is 6.92 Å². The van der Waals surface area contributed by atoms with E-state index in [1.165, 1.54) is 6.26 Å². The van der Waals surface area contributed by atoms with Crippen molar-refractivity contribution in [3.8, 4) is 0 Å². The van der Waals surface area contributed by atoms with E-state index >= 15 is 0 Å². The molecule has 0 aliphatic heterocycles. The van der Waals surface area contributed by atoms with Gasteiger partial charge in [0.1, 0.15) is 11.8 Å². The van der Waals surface area contributed by atoms with E-state index in [0.29, 0.717) is 22.2 Å². The van der Waals surface area contributed by atoms with Crippen LogP contribution in [-0.2, 0) is 17.1 Å². The summed E-state index contributed by atoms with van der Waals surface area (Å²) in [7, 11) is 0. The van der Waals surface area contributed by atoms with Crippen LogP contribution in [0.15, 0.2) is 44.8 Å². The average molecular weight is 396 g/mol. The Bertz CT molecular complexity index is 706. The van der Waals surface area contributed by atoms with Crippen molar-refractivity contribution in [1.82, 2.24) is 5.43 Å². The van der Waals surface area contributed by atoms with Crippen LogP contribution in [0, 0.1) is 0 Å². The summed E-state index contributed by atoms with van der Waals surface area (Å²) in [6.45, 7) is 1.67. The van der Waals surface area contributed by atoms with Gasteiger partial charge in [-0.3, -0.25) is 10.2 Å². The molecule has 0 unspecified atom stereocenters. The van der Waals surface area contributed by atoms with Crippen LogP contribution >= 0.6 is 12.2 Å². The van der Waals surface area contributed by atoms with Gasteiger partial charge in [0.05, 0.1) is 16.7 Å². The van der Waals surface area contributed by atoms with E-state index in [1.54, 1.807) is 31.2 Å². The maximum atomic E-state index is 12.2. The molecule has 0 aliphatic carbocycles. The Hall–Kier alpha value is -1.11. The summed E-state index contributed by atoms with van der Waals surface area (Å²) < 4.78 is 5.38. The van der Waals surface area contributed by atoms with Crippen molar-refractivity contribution in [2.75, 3.05) is 0 Å². The molecule has 0 saturated carbocycles. The summed E-state index contributed by atoms with van der Waals surface area (Å²) >= 11 is 4.63. The molecule has 1 radical (unpaired) electrons. The third-order valence-electron chi connectivity index (χ3n) is 2.40. The molecule has 0 fully saturated rings. The van der Waals surface area contributed by atoms with Crippen LogP contribution in [0.2, 0.25) is 0 Å². The van der Waals surface area contributed by atoms with Gasteiger partial charge in [0, 0.05) is 0 Å². The number of nitrogens with one attached hydrogen (secondary N) is 1. The van der Waals surface area contributed by atoms with Crippen LogP contribution in [-0.4, -0.2) is 10.8 Å². The fourth-order valence-electron chi connectivity index (χ4n) is 1.53. The van der Waals surface area contributed by atoms with Crippen LogP contribution in [0.5, 0.6) is 0 Å². The molecule has 5 nitrogen and oxygen atoms in total. The van der Waals surface area contributed by atoms with Gasteiger partial charge in [-0.05, 0) is 31.3 Å². The van der Waals surface area contributed by atoms with E-state index in [4.69, 9.17) is 10.2 Å². The van der Waals surface area contributed by atoms with Gasteiger partial charge in [0.15, 0.2) is 5.11 Å². The Morgan fingerprint density at radius 2 is 1.95 bits per heavy atom. The quantitative estimate of drug-likeness (QED) is 0.231. The number of hydrogen-bond donors (Lipinski definition) is 2. The number of para-hydroxylation sites is 1. The van der Waals surface area contributed by atoms with E-state index in [1.807, 2.05) is 0 Å². The maximum Gasteiger partial charge on any atom is 2.00 e. The minimum absolute atomic E-state index is 0. The van der Waals surface area contributed by atoms with Crippen LogP contribution in [0.25, 0.3) is 11.0 Å². The molecule has 0 amide bonds. The van der Waals surface area contributed by atoms with E-state index in [0.717, 1.165) is 0 Å². The summed E-state index contributed by atoms with van der Waals surface area (Å²) in [6.07, 6.45) is 1.38. The molecular weight excluding hydrogens is 385 g/mol. The number of hydrogen-bond acceptors (Lipinski definition) is 4. The van der Waals surface area contributed by atoms with Crippen molar-refractivity contribution < 1.29 is 46.3 Å². The molecule has 9 heteroatoms. The molecule has 3 N–H and O–H groups in total. The average Bonchev–Trinajstić information content (AvgIpc) is 2.37. The number of hydrazone groups is 1. The smallest absolute Gasteiger partial charge is 1.00 e. The van der Waals surface area contributed by atoms with Gasteiger partial charge < -0.3 is 35.0 Å². The topological polar surface area (TPSA) is 80.6 Å². The predicted octanol–water partition coefficient (Wildman–Crippen LogP) is -4.64. The van der Waals surface area contributed by atoms with E-state index < -0.39 is 0 Å². The molecule has 1 aromatic carbocycles. The molecule has 2 aromatic rings. The molecule has 0 atom stereocenters. The molecule has 2 rings (SSSR count). The van der Waals surface area contributed by atoms with Gasteiger partial charge in [-0.25, -0.2) is 0 Å². The zero-order chi connectivity index (χ0) is 13.1. The largest absolute Gasteiger partial charge is 2.00 e. The SMILES string of the molecule is C/C(=N\NC(N)=S)c1coc2ccccc2c1=O.[Cl-].[Cl-].[Cu+2]. The Labute approximate surface area is 149 Å². The van der Waals surface area contributed by atoms with Crippen LogP contribution in [0.1, 0.15) is 12.5 Å². The van der Waals surface area contributed by atoms with E-state index in [9.17, 15) is 4.79 Å². The molecule has 0 saturated heterocycles. The molecule has 1 heterocycles. The minimum Gasteiger partial charge on any atom is -1.00 e. The first-order valence-electron chi connectivity index (χ1n) is 5.20. The molecule has 1 aromatic heterocycles. The van der Waals surface area contributed by atoms with E-state index in [-0.39, 0.29) is 52.4 Å². The monoisotopic (exact) mass is 394 g/mol. The number of nitrogens with zero attached hydrogens (tertiary/aromatic N) is 1. The zero-order valence-electron chi connectivity index (χ0n) is 10.7. The number of nitrogens with two attached hydrogens (primary N) is 1. The number of benzene rings is 1. The van der Waals surface area contributed by atoms with Crippen LogP contribution in [0.4, 0.5) is 0 Å². The Kier molecular flexibility index (Phi) is 10.3. The van der Waals surface area contributed by atoms with Crippen molar-refractivity contribution in [3.05, 3.63) is 46.3 Å². The fraction of sp³-hybridized carbons (Fsp3) is 0.0833. The number of halogens is 2. The van der Waals surface area contributed by atoms with Gasteiger partial charge >= 0.3 is 17.1 Å². The first kappa shape index (κ1) is 22.2. The Balaban J connectivity index is 0. The summed E-state index contributed by atoms with van der Waals surface area (Å²) in [6, 6.07) is 7.03. The number of thiocarbonyl (C=S) groups is 1. The first-order chi connectivity index (χ1) is 8.59. The second-order valence-corrected chi connectivity index (χ2v) is 4.09. The number of fused-ring (bicyclic) bond motifs is 1. The molecule has 0 spiro atoms. The van der Waals surface area contributed by atoms with Crippen LogP contribution < -0.4 is 41.4 Å². The van der Waals surface area contributed by atoms with Gasteiger partial charge in [0.2, 0.25) is 5.43 Å². The first-order valence-corrected chi connectivity index (χ1v) is 5.61. The second-order valence-electron chi connectivity index (χ2n) is 3.65. The fourth-order valence-corrected chi connectivity index (χ4v) is 1.57. The molecule has 0 aliphatic rings. The minimum atomic E-state index is -0.136. The van der Waals surface area contributed by atoms with Crippen molar-refractivity contribution >= 4 is 34.0 Å². The normalized spacial score (nSPS) is 9.86. The maximum absolute atomic E-state index is 12.2.